The van der Waals surface area contributed by atoms with Gasteiger partial charge in [-0.3, -0.25) is 4.90 Å². The largest absolute Gasteiger partial charge is 0.387 e. The summed E-state index contributed by atoms with van der Waals surface area (Å²) < 4.78 is 24.8. The van der Waals surface area contributed by atoms with Crippen LogP contribution in [0.3, 0.4) is 0 Å². The Morgan fingerprint density at radius 2 is 1.95 bits per heavy atom. The first-order valence-electron chi connectivity index (χ1n) is 7.27. The molecule has 0 amide bonds. The molecule has 3 aliphatic rings. The van der Waals surface area contributed by atoms with Crippen molar-refractivity contribution in [3.8, 4) is 0 Å². The van der Waals surface area contributed by atoms with Gasteiger partial charge in [0.25, 0.3) is 0 Å². The smallest absolute Gasteiger partial charge is 0.211 e. The highest BCUT2D eigenvalue weighted by molar-refractivity contribution is 7.88. The van der Waals surface area contributed by atoms with Gasteiger partial charge in [0.1, 0.15) is 0 Å². The van der Waals surface area contributed by atoms with E-state index in [1.807, 2.05) is 0 Å². The highest BCUT2D eigenvalue weighted by atomic mass is 32.2. The van der Waals surface area contributed by atoms with Crippen molar-refractivity contribution in [2.24, 2.45) is 11.8 Å². The summed E-state index contributed by atoms with van der Waals surface area (Å²) in [5.74, 6) is 0.954. The molecule has 1 saturated carbocycles. The second-order valence-electron chi connectivity index (χ2n) is 6.68. The molecule has 19 heavy (non-hydrogen) atoms. The monoisotopic (exact) mass is 288 g/mol. The number of hydrogen-bond donors (Lipinski definition) is 1. The van der Waals surface area contributed by atoms with E-state index in [1.165, 1.54) is 19.1 Å². The van der Waals surface area contributed by atoms with E-state index in [1.54, 1.807) is 4.31 Å². The molecule has 3 fully saturated rings. The molecule has 1 aliphatic carbocycles. The Balaban J connectivity index is 1.48. The molecule has 0 aromatic heterocycles. The second-order valence-corrected chi connectivity index (χ2v) is 8.66. The summed E-state index contributed by atoms with van der Waals surface area (Å²) in [7, 11) is -3.04. The summed E-state index contributed by atoms with van der Waals surface area (Å²) in [6, 6.07) is 0. The molecular weight excluding hydrogens is 264 g/mol. The summed E-state index contributed by atoms with van der Waals surface area (Å²) in [6.45, 7) is 3.82. The van der Waals surface area contributed by atoms with Crippen molar-refractivity contribution >= 4 is 10.0 Å². The van der Waals surface area contributed by atoms with E-state index in [-0.39, 0.29) is 0 Å². The molecule has 2 heterocycles. The summed E-state index contributed by atoms with van der Waals surface area (Å²) in [5, 5.41) is 10.3. The van der Waals surface area contributed by atoms with Gasteiger partial charge >= 0.3 is 0 Å². The molecule has 3 rings (SSSR count). The van der Waals surface area contributed by atoms with Crippen LogP contribution in [0.4, 0.5) is 0 Å². The molecule has 0 spiro atoms. The first-order chi connectivity index (χ1) is 8.87. The SMILES string of the molecule is CS(=O)(=O)N1CCCC(CN2CC(O)(C3CC3)C2)C1. The first kappa shape index (κ1) is 13.8. The fraction of sp³-hybridized carbons (Fsp3) is 1.00. The number of hydrogen-bond acceptors (Lipinski definition) is 4. The van der Waals surface area contributed by atoms with Gasteiger partial charge in [-0.2, -0.15) is 0 Å². The van der Waals surface area contributed by atoms with Crippen molar-refractivity contribution in [2.75, 3.05) is 39.0 Å². The average Bonchev–Trinajstić information content (AvgIpc) is 3.10. The molecule has 0 aromatic rings. The molecule has 1 unspecified atom stereocenters. The lowest BCUT2D eigenvalue weighted by Gasteiger charge is -2.49. The Morgan fingerprint density at radius 3 is 2.53 bits per heavy atom. The van der Waals surface area contributed by atoms with Gasteiger partial charge in [-0.15, -0.1) is 0 Å². The van der Waals surface area contributed by atoms with Crippen LogP contribution in [0.1, 0.15) is 25.7 Å². The van der Waals surface area contributed by atoms with Gasteiger partial charge in [0.05, 0.1) is 11.9 Å². The lowest BCUT2D eigenvalue weighted by atomic mass is 9.87. The van der Waals surface area contributed by atoms with Crippen LogP contribution in [0.2, 0.25) is 0 Å². The maximum atomic E-state index is 11.6. The van der Waals surface area contributed by atoms with Crippen molar-refractivity contribution in [1.29, 1.82) is 0 Å². The molecule has 6 heteroatoms. The van der Waals surface area contributed by atoms with Crippen LogP contribution < -0.4 is 0 Å². The summed E-state index contributed by atoms with van der Waals surface area (Å²) in [6.07, 6.45) is 5.71. The van der Waals surface area contributed by atoms with Gasteiger partial charge in [-0.25, -0.2) is 12.7 Å². The number of likely N-dealkylation sites (tertiary alicyclic amines) is 1. The third-order valence-corrected chi connectivity index (χ3v) is 6.07. The average molecular weight is 288 g/mol. The Bertz CT molecular complexity index is 441. The lowest BCUT2D eigenvalue weighted by molar-refractivity contribution is -0.118. The third-order valence-electron chi connectivity index (χ3n) is 4.80. The highest BCUT2D eigenvalue weighted by Gasteiger charge is 2.51. The predicted octanol–water partition coefficient (Wildman–Crippen LogP) is 0.115. The van der Waals surface area contributed by atoms with Gasteiger partial charge in [0.15, 0.2) is 0 Å². The molecule has 1 atom stereocenters. The number of rotatable bonds is 4. The summed E-state index contributed by atoms with van der Waals surface area (Å²) in [5.41, 5.74) is -0.425. The van der Waals surface area contributed by atoms with Crippen LogP contribution in [0.15, 0.2) is 0 Å². The Morgan fingerprint density at radius 1 is 1.26 bits per heavy atom. The standard InChI is InChI=1S/C13H24N2O3S/c1-19(17,18)15-6-2-3-11(8-15)7-14-9-13(16,10-14)12-4-5-12/h11-12,16H,2-10H2,1H3. The molecule has 2 aliphatic heterocycles. The maximum absolute atomic E-state index is 11.6. The number of aliphatic hydroxyl groups is 1. The molecule has 0 aromatic carbocycles. The quantitative estimate of drug-likeness (QED) is 0.798. The van der Waals surface area contributed by atoms with Gasteiger partial charge < -0.3 is 5.11 Å². The topological polar surface area (TPSA) is 60.9 Å². The molecule has 1 N–H and O–H groups in total. The van der Waals surface area contributed by atoms with Crippen LogP contribution >= 0.6 is 0 Å². The van der Waals surface area contributed by atoms with Gasteiger partial charge in [0, 0.05) is 32.7 Å². The van der Waals surface area contributed by atoms with E-state index in [0.29, 0.717) is 24.9 Å². The normalized spacial score (nSPS) is 33.1. The van der Waals surface area contributed by atoms with Crippen LogP contribution in [0.5, 0.6) is 0 Å². The maximum Gasteiger partial charge on any atom is 0.211 e. The minimum absolute atomic E-state index is 0.423. The number of β-amino-alcohol motifs (C(OH)–C–C–N with tert-alkyl or cyclic N) is 1. The van der Waals surface area contributed by atoms with Gasteiger partial charge in [-0.1, -0.05) is 0 Å². The van der Waals surface area contributed by atoms with Gasteiger partial charge in [-0.05, 0) is 37.5 Å². The molecule has 110 valence electrons. The minimum atomic E-state index is -3.04. The van der Waals surface area contributed by atoms with Crippen molar-refractivity contribution in [3.05, 3.63) is 0 Å². The van der Waals surface area contributed by atoms with Crippen molar-refractivity contribution in [2.45, 2.75) is 31.3 Å². The van der Waals surface area contributed by atoms with E-state index in [4.69, 9.17) is 0 Å². The van der Waals surface area contributed by atoms with E-state index < -0.39 is 15.6 Å². The molecule has 5 nitrogen and oxygen atoms in total. The summed E-state index contributed by atoms with van der Waals surface area (Å²) in [4.78, 5) is 2.29. The van der Waals surface area contributed by atoms with E-state index >= 15 is 0 Å². The van der Waals surface area contributed by atoms with Crippen LogP contribution in [0, 0.1) is 11.8 Å². The highest BCUT2D eigenvalue weighted by Crippen LogP contribution is 2.44. The zero-order valence-electron chi connectivity index (χ0n) is 11.6. The second kappa shape index (κ2) is 4.69. The Kier molecular flexibility index (Phi) is 3.40. The van der Waals surface area contributed by atoms with Crippen LogP contribution in [-0.4, -0.2) is 67.3 Å². The van der Waals surface area contributed by atoms with E-state index in [9.17, 15) is 13.5 Å². The Labute approximate surface area is 115 Å². The molecule has 2 saturated heterocycles. The fourth-order valence-corrected chi connectivity index (χ4v) is 4.52. The zero-order chi connectivity index (χ0) is 13.7. The fourth-order valence-electron chi connectivity index (χ4n) is 3.58. The number of sulfonamides is 1. The Hall–Kier alpha value is -0.170. The zero-order valence-corrected chi connectivity index (χ0v) is 12.4. The van der Waals surface area contributed by atoms with E-state index in [2.05, 4.69) is 4.90 Å². The van der Waals surface area contributed by atoms with Crippen LogP contribution in [-0.2, 0) is 10.0 Å². The van der Waals surface area contributed by atoms with Crippen molar-refractivity contribution in [1.82, 2.24) is 9.21 Å². The van der Waals surface area contributed by atoms with Crippen molar-refractivity contribution < 1.29 is 13.5 Å². The lowest BCUT2D eigenvalue weighted by Crippen LogP contribution is -2.64. The predicted molar refractivity (Wildman–Crippen MR) is 73.3 cm³/mol. The minimum Gasteiger partial charge on any atom is -0.387 e. The molecule has 0 bridgehead atoms. The van der Waals surface area contributed by atoms with Crippen molar-refractivity contribution in [3.63, 3.8) is 0 Å². The number of piperidine rings is 1. The molecule has 0 radical (unpaired) electrons. The first-order valence-corrected chi connectivity index (χ1v) is 9.11. The summed E-state index contributed by atoms with van der Waals surface area (Å²) >= 11 is 0. The molecular formula is C13H24N2O3S. The number of nitrogens with zero attached hydrogens (tertiary/aromatic N) is 2. The van der Waals surface area contributed by atoms with Crippen LogP contribution in [0.25, 0.3) is 0 Å². The van der Waals surface area contributed by atoms with Gasteiger partial charge in [0.2, 0.25) is 10.0 Å². The third kappa shape index (κ3) is 2.96. The van der Waals surface area contributed by atoms with E-state index in [0.717, 1.165) is 32.5 Å².